The van der Waals surface area contributed by atoms with Gasteiger partial charge >= 0.3 is 11.9 Å². The van der Waals surface area contributed by atoms with Gasteiger partial charge in [0.2, 0.25) is 0 Å². The quantitative estimate of drug-likeness (QED) is 0.395. The monoisotopic (exact) mass is 368 g/mol. The highest BCUT2D eigenvalue weighted by molar-refractivity contribution is 8.23. The van der Waals surface area contributed by atoms with Gasteiger partial charge in [-0.05, 0) is 25.7 Å². The summed E-state index contributed by atoms with van der Waals surface area (Å²) >= 11 is 12.6. The van der Waals surface area contributed by atoms with E-state index in [9.17, 15) is 9.59 Å². The van der Waals surface area contributed by atoms with Crippen LogP contribution in [-0.2, 0) is 9.59 Å². The van der Waals surface area contributed by atoms with Crippen LogP contribution in [0.1, 0.15) is 44.9 Å². The molecule has 0 fully saturated rings. The lowest BCUT2D eigenvalue weighted by Crippen LogP contribution is -2.01. The molecule has 0 spiro atoms. The Hall–Kier alpha value is -0.180. The van der Waals surface area contributed by atoms with Crippen LogP contribution in [0.4, 0.5) is 0 Å². The SMILES string of the molecule is O=C(O)CSC(=S)CCCCCCCC(=S)SCC(=O)O. The second-order valence-electron chi connectivity index (χ2n) is 4.38. The van der Waals surface area contributed by atoms with Gasteiger partial charge in [-0.2, -0.15) is 0 Å². The van der Waals surface area contributed by atoms with Gasteiger partial charge in [-0.15, -0.1) is 23.5 Å². The van der Waals surface area contributed by atoms with Crippen LogP contribution in [0, 0.1) is 0 Å². The van der Waals surface area contributed by atoms with Crippen LogP contribution in [0.2, 0.25) is 0 Å². The van der Waals surface area contributed by atoms with Gasteiger partial charge in [0.15, 0.2) is 0 Å². The number of aliphatic carboxylic acids is 2. The molecule has 0 atom stereocenters. The van der Waals surface area contributed by atoms with Crippen LogP contribution in [-0.4, -0.2) is 42.1 Å². The lowest BCUT2D eigenvalue weighted by molar-refractivity contribution is -0.134. The maximum absolute atomic E-state index is 10.4. The molecule has 0 saturated carbocycles. The molecule has 0 aliphatic rings. The van der Waals surface area contributed by atoms with Crippen molar-refractivity contribution in [2.45, 2.75) is 44.9 Å². The van der Waals surface area contributed by atoms with Crippen molar-refractivity contribution in [3.63, 3.8) is 0 Å². The third-order valence-corrected chi connectivity index (χ3v) is 5.43. The first-order valence-corrected chi connectivity index (χ1v) is 9.45. The Labute approximate surface area is 144 Å². The molecule has 0 aliphatic carbocycles. The molecule has 4 nitrogen and oxygen atoms in total. The number of hydrogen-bond acceptors (Lipinski definition) is 6. The minimum atomic E-state index is -0.834. The van der Waals surface area contributed by atoms with Gasteiger partial charge in [0.05, 0.1) is 11.5 Å². The van der Waals surface area contributed by atoms with Crippen molar-refractivity contribution >= 4 is 68.3 Å². The third kappa shape index (κ3) is 16.0. The second kappa shape index (κ2) is 13.5. The normalized spacial score (nSPS) is 10.3. The summed E-state index contributed by atoms with van der Waals surface area (Å²) in [4.78, 5) is 20.7. The number of rotatable bonds is 12. The van der Waals surface area contributed by atoms with Crippen molar-refractivity contribution in [2.75, 3.05) is 11.5 Å². The molecule has 8 heteroatoms. The van der Waals surface area contributed by atoms with E-state index in [4.69, 9.17) is 34.6 Å². The fourth-order valence-electron chi connectivity index (χ4n) is 1.50. The van der Waals surface area contributed by atoms with E-state index >= 15 is 0 Å². The molecule has 120 valence electrons. The zero-order chi connectivity index (χ0) is 16.1. The molecule has 0 amide bonds. The Morgan fingerprint density at radius 3 is 1.38 bits per heavy atom. The number of thiocarbonyl (C=S) groups is 2. The molecular formula is C13H20O4S4. The number of carboxylic acids is 2. The van der Waals surface area contributed by atoms with E-state index in [0.29, 0.717) is 0 Å². The summed E-state index contributed by atoms with van der Waals surface area (Å²) in [5.74, 6) is -1.58. The molecular weight excluding hydrogens is 348 g/mol. The number of hydrogen-bond donors (Lipinski definition) is 2. The van der Waals surface area contributed by atoms with Crippen molar-refractivity contribution in [2.24, 2.45) is 0 Å². The van der Waals surface area contributed by atoms with E-state index in [-0.39, 0.29) is 11.5 Å². The number of carbonyl (C=O) groups is 2. The minimum absolute atomic E-state index is 0.0459. The van der Waals surface area contributed by atoms with E-state index in [0.717, 1.165) is 53.3 Å². The first-order chi connectivity index (χ1) is 9.91. The van der Waals surface area contributed by atoms with Crippen LogP contribution >= 0.6 is 48.0 Å². The summed E-state index contributed by atoms with van der Waals surface area (Å²) in [7, 11) is 0. The van der Waals surface area contributed by atoms with Crippen molar-refractivity contribution in [3.8, 4) is 0 Å². The Balaban J connectivity index is 3.36. The molecule has 21 heavy (non-hydrogen) atoms. The number of carboxylic acid groups (broad SMARTS) is 2. The maximum Gasteiger partial charge on any atom is 0.313 e. The van der Waals surface area contributed by atoms with Crippen LogP contribution in [0.15, 0.2) is 0 Å². The minimum Gasteiger partial charge on any atom is -0.481 e. The van der Waals surface area contributed by atoms with Crippen molar-refractivity contribution in [1.29, 1.82) is 0 Å². The highest BCUT2D eigenvalue weighted by Crippen LogP contribution is 2.15. The van der Waals surface area contributed by atoms with Gasteiger partial charge in [0.1, 0.15) is 0 Å². The smallest absolute Gasteiger partial charge is 0.313 e. The largest absolute Gasteiger partial charge is 0.481 e. The molecule has 2 N–H and O–H groups in total. The number of unbranched alkanes of at least 4 members (excludes halogenated alkanes) is 4. The highest BCUT2D eigenvalue weighted by Gasteiger charge is 2.04. The van der Waals surface area contributed by atoms with Crippen LogP contribution in [0.25, 0.3) is 0 Å². The summed E-state index contributed by atoms with van der Waals surface area (Å²) < 4.78 is 1.53. The van der Waals surface area contributed by atoms with Crippen molar-refractivity contribution < 1.29 is 19.8 Å². The Kier molecular flexibility index (Phi) is 13.4. The van der Waals surface area contributed by atoms with E-state index in [1.54, 1.807) is 0 Å². The van der Waals surface area contributed by atoms with Crippen LogP contribution < -0.4 is 0 Å². The molecule has 0 aromatic rings. The average Bonchev–Trinajstić information content (AvgIpc) is 2.41. The Bertz CT molecular complexity index is 337. The molecule has 0 unspecified atom stereocenters. The predicted octanol–water partition coefficient (Wildman–Crippen LogP) is 4.01. The molecule has 0 radical (unpaired) electrons. The third-order valence-electron chi connectivity index (χ3n) is 2.48. The fraction of sp³-hybridized carbons (Fsp3) is 0.692. The molecule has 0 aromatic heterocycles. The molecule has 0 aromatic carbocycles. The first-order valence-electron chi connectivity index (χ1n) is 6.66. The zero-order valence-electron chi connectivity index (χ0n) is 11.7. The highest BCUT2D eigenvalue weighted by atomic mass is 32.2. The maximum atomic E-state index is 10.4. The van der Waals surface area contributed by atoms with Crippen LogP contribution in [0.3, 0.4) is 0 Å². The summed E-state index contributed by atoms with van der Waals surface area (Å²) in [5, 5.41) is 17.0. The van der Waals surface area contributed by atoms with E-state index in [2.05, 4.69) is 0 Å². The Morgan fingerprint density at radius 2 is 1.05 bits per heavy atom. The predicted molar refractivity (Wildman–Crippen MR) is 97.7 cm³/mol. The molecule has 0 rings (SSSR count). The van der Waals surface area contributed by atoms with Gasteiger partial charge in [-0.25, -0.2) is 0 Å². The first kappa shape index (κ1) is 20.8. The summed E-state index contributed by atoms with van der Waals surface area (Å²) in [6.07, 6.45) is 6.80. The zero-order valence-corrected chi connectivity index (χ0v) is 15.0. The van der Waals surface area contributed by atoms with Gasteiger partial charge in [-0.3, -0.25) is 9.59 Å². The lowest BCUT2D eigenvalue weighted by Gasteiger charge is -2.03. The average molecular weight is 369 g/mol. The molecule has 0 heterocycles. The van der Waals surface area contributed by atoms with E-state index < -0.39 is 11.9 Å². The fourth-order valence-corrected chi connectivity index (χ4v) is 3.29. The molecule has 0 bridgehead atoms. The van der Waals surface area contributed by atoms with E-state index in [1.165, 1.54) is 23.5 Å². The van der Waals surface area contributed by atoms with Gasteiger partial charge in [0.25, 0.3) is 0 Å². The second-order valence-corrected chi connectivity index (χ2v) is 8.02. The molecule has 0 saturated heterocycles. The summed E-state index contributed by atoms with van der Waals surface area (Å²) in [6.45, 7) is 0. The number of thioether (sulfide) groups is 2. The molecule has 0 aliphatic heterocycles. The lowest BCUT2D eigenvalue weighted by atomic mass is 10.1. The summed E-state index contributed by atoms with van der Waals surface area (Å²) in [5.41, 5.74) is 0. The summed E-state index contributed by atoms with van der Waals surface area (Å²) in [6, 6.07) is 0. The van der Waals surface area contributed by atoms with Crippen LogP contribution in [0.5, 0.6) is 0 Å². The van der Waals surface area contributed by atoms with Gasteiger partial charge < -0.3 is 10.2 Å². The topological polar surface area (TPSA) is 74.6 Å². The van der Waals surface area contributed by atoms with Crippen molar-refractivity contribution in [3.05, 3.63) is 0 Å². The van der Waals surface area contributed by atoms with Gasteiger partial charge in [0, 0.05) is 8.39 Å². The standard InChI is InChI=1S/C13H20O4S4/c14-10(15)8-20-12(18)6-4-2-1-3-5-7-13(19)21-9-11(16)17/h1-9H2,(H,14,15)(H,16,17). The van der Waals surface area contributed by atoms with E-state index in [1.807, 2.05) is 0 Å². The van der Waals surface area contributed by atoms with Gasteiger partial charge in [-0.1, -0.05) is 43.7 Å². The Morgan fingerprint density at radius 1 is 0.714 bits per heavy atom. The van der Waals surface area contributed by atoms with Crippen molar-refractivity contribution in [1.82, 2.24) is 0 Å².